The van der Waals surface area contributed by atoms with E-state index in [9.17, 15) is 14.4 Å². The summed E-state index contributed by atoms with van der Waals surface area (Å²) in [5.74, 6) is -2.53. The summed E-state index contributed by atoms with van der Waals surface area (Å²) in [5, 5.41) is 8.44. The number of hydrogen-bond donors (Lipinski definition) is 2. The Morgan fingerprint density at radius 3 is 2.67 bits per heavy atom. The Hall–Kier alpha value is -1.63. The number of nitrogens with two attached hydrogens (primary N) is 1. The van der Waals surface area contributed by atoms with E-state index in [1.807, 2.05) is 0 Å². The summed E-state index contributed by atoms with van der Waals surface area (Å²) in [6.45, 7) is 0.509. The predicted octanol–water partition coefficient (Wildman–Crippen LogP) is -1.83. The van der Waals surface area contributed by atoms with Crippen LogP contribution in [0.3, 0.4) is 0 Å². The van der Waals surface area contributed by atoms with Gasteiger partial charge in [0.2, 0.25) is 11.8 Å². The first-order chi connectivity index (χ1) is 7.02. The van der Waals surface area contributed by atoms with Crippen LogP contribution in [0.15, 0.2) is 0 Å². The molecule has 84 valence electrons. The third-order valence-electron chi connectivity index (χ3n) is 2.08. The van der Waals surface area contributed by atoms with Crippen LogP contribution in [-0.2, 0) is 19.1 Å². The molecule has 0 spiro atoms. The molecule has 0 aromatic carbocycles. The quantitative estimate of drug-likeness (QED) is 0.539. The Kier molecular flexibility index (Phi) is 3.62. The lowest BCUT2D eigenvalue weighted by Gasteiger charge is -2.33. The molecule has 1 heterocycles. The highest BCUT2D eigenvalue weighted by molar-refractivity contribution is 5.96. The zero-order chi connectivity index (χ0) is 11.4. The smallest absolute Gasteiger partial charge is 0.312 e. The molecule has 0 aromatic rings. The Morgan fingerprint density at radius 2 is 2.13 bits per heavy atom. The maximum atomic E-state index is 11.4. The number of carbonyl (C=O) groups excluding carboxylic acids is 2. The van der Waals surface area contributed by atoms with Crippen LogP contribution in [0.5, 0.6) is 0 Å². The third-order valence-corrected chi connectivity index (χ3v) is 2.08. The van der Waals surface area contributed by atoms with Crippen molar-refractivity contribution >= 4 is 17.8 Å². The second-order valence-electron chi connectivity index (χ2n) is 3.15. The van der Waals surface area contributed by atoms with Crippen LogP contribution >= 0.6 is 0 Å². The molecule has 0 aliphatic carbocycles. The summed E-state index contributed by atoms with van der Waals surface area (Å²) < 4.78 is 4.99. The first kappa shape index (κ1) is 11.4. The largest absolute Gasteiger partial charge is 0.481 e. The van der Waals surface area contributed by atoms with Gasteiger partial charge >= 0.3 is 5.97 Å². The van der Waals surface area contributed by atoms with Gasteiger partial charge in [0.25, 0.3) is 0 Å². The molecule has 1 aliphatic rings. The first-order valence-corrected chi connectivity index (χ1v) is 4.40. The fourth-order valence-corrected chi connectivity index (χ4v) is 1.37. The van der Waals surface area contributed by atoms with Crippen LogP contribution in [0, 0.1) is 0 Å². The van der Waals surface area contributed by atoms with E-state index in [0.717, 1.165) is 4.90 Å². The summed E-state index contributed by atoms with van der Waals surface area (Å²) in [7, 11) is 0. The van der Waals surface area contributed by atoms with E-state index in [1.54, 1.807) is 0 Å². The number of carboxylic acids is 1. The molecule has 0 bridgehead atoms. The molecule has 0 aromatic heterocycles. The van der Waals surface area contributed by atoms with Gasteiger partial charge in [-0.25, -0.2) is 0 Å². The number of carbonyl (C=O) groups is 3. The van der Waals surface area contributed by atoms with Gasteiger partial charge in [0.15, 0.2) is 0 Å². The van der Waals surface area contributed by atoms with Gasteiger partial charge < -0.3 is 20.5 Å². The number of nitrogens with zero attached hydrogens (tertiary/aromatic N) is 1. The molecule has 1 aliphatic heterocycles. The molecule has 3 N–H and O–H groups in total. The molecule has 1 saturated heterocycles. The van der Waals surface area contributed by atoms with E-state index >= 15 is 0 Å². The molecule has 1 unspecified atom stereocenters. The van der Waals surface area contributed by atoms with Crippen molar-refractivity contribution in [2.24, 2.45) is 5.73 Å². The summed E-state index contributed by atoms with van der Waals surface area (Å²) in [6.07, 6.45) is -0.635. The minimum absolute atomic E-state index is 0.0285. The summed E-state index contributed by atoms with van der Waals surface area (Å²) >= 11 is 0. The summed E-state index contributed by atoms with van der Waals surface area (Å²) in [5.41, 5.74) is 5.07. The van der Waals surface area contributed by atoms with Crippen molar-refractivity contribution in [2.45, 2.75) is 12.5 Å². The SMILES string of the molecule is NC(=O)C1COCCN1C(=O)CC(=O)O. The highest BCUT2D eigenvalue weighted by Crippen LogP contribution is 2.08. The monoisotopic (exact) mass is 216 g/mol. The van der Waals surface area contributed by atoms with Gasteiger partial charge in [-0.2, -0.15) is 0 Å². The average Bonchev–Trinajstić information content (AvgIpc) is 2.16. The van der Waals surface area contributed by atoms with Gasteiger partial charge in [0, 0.05) is 6.54 Å². The Bertz CT molecular complexity index is 291. The third kappa shape index (κ3) is 2.91. The zero-order valence-corrected chi connectivity index (χ0v) is 8.01. The molecule has 15 heavy (non-hydrogen) atoms. The van der Waals surface area contributed by atoms with E-state index in [2.05, 4.69) is 0 Å². The van der Waals surface area contributed by atoms with Gasteiger partial charge in [-0.1, -0.05) is 0 Å². The number of amides is 2. The fraction of sp³-hybridized carbons (Fsp3) is 0.625. The Balaban J connectivity index is 2.67. The number of carboxylic acid groups (broad SMARTS) is 1. The molecule has 0 radical (unpaired) electrons. The molecule has 1 atom stereocenters. The van der Waals surface area contributed by atoms with Crippen molar-refractivity contribution in [3.05, 3.63) is 0 Å². The van der Waals surface area contributed by atoms with Crippen molar-refractivity contribution in [1.82, 2.24) is 4.90 Å². The number of morpholine rings is 1. The molecular formula is C8H12N2O5. The molecule has 1 fully saturated rings. The van der Waals surface area contributed by atoms with Gasteiger partial charge in [-0.05, 0) is 0 Å². The summed E-state index contributed by atoms with van der Waals surface area (Å²) in [4.78, 5) is 33.8. The van der Waals surface area contributed by atoms with Crippen LogP contribution in [0.1, 0.15) is 6.42 Å². The van der Waals surface area contributed by atoms with Crippen molar-refractivity contribution in [3.63, 3.8) is 0 Å². The lowest BCUT2D eigenvalue weighted by molar-refractivity contribution is -0.152. The molecule has 0 saturated carbocycles. The number of hydrogen-bond acceptors (Lipinski definition) is 4. The van der Waals surface area contributed by atoms with Crippen LogP contribution in [0.2, 0.25) is 0 Å². The zero-order valence-electron chi connectivity index (χ0n) is 8.01. The number of ether oxygens (including phenoxy) is 1. The van der Waals surface area contributed by atoms with E-state index in [-0.39, 0.29) is 19.8 Å². The van der Waals surface area contributed by atoms with Crippen LogP contribution in [0.25, 0.3) is 0 Å². The lowest BCUT2D eigenvalue weighted by Crippen LogP contribution is -2.55. The second-order valence-corrected chi connectivity index (χ2v) is 3.15. The Labute approximate surface area is 85.8 Å². The molecule has 7 nitrogen and oxygen atoms in total. The van der Waals surface area contributed by atoms with E-state index < -0.39 is 30.2 Å². The van der Waals surface area contributed by atoms with Crippen LogP contribution in [0.4, 0.5) is 0 Å². The lowest BCUT2D eigenvalue weighted by atomic mass is 10.2. The van der Waals surface area contributed by atoms with Crippen LogP contribution in [-0.4, -0.2) is 53.6 Å². The molecule has 1 rings (SSSR count). The predicted molar refractivity (Wildman–Crippen MR) is 47.8 cm³/mol. The first-order valence-electron chi connectivity index (χ1n) is 4.40. The highest BCUT2D eigenvalue weighted by atomic mass is 16.5. The minimum Gasteiger partial charge on any atom is -0.481 e. The van der Waals surface area contributed by atoms with Crippen molar-refractivity contribution < 1.29 is 24.2 Å². The number of aliphatic carboxylic acids is 1. The van der Waals surface area contributed by atoms with Crippen molar-refractivity contribution in [1.29, 1.82) is 0 Å². The minimum atomic E-state index is -1.23. The van der Waals surface area contributed by atoms with Gasteiger partial charge in [-0.3, -0.25) is 14.4 Å². The van der Waals surface area contributed by atoms with E-state index in [4.69, 9.17) is 15.6 Å². The molecule has 2 amide bonds. The standard InChI is InChI=1S/C8H12N2O5/c9-8(14)5-4-15-2-1-10(5)6(11)3-7(12)13/h5H,1-4H2,(H2,9,14)(H,12,13). The second kappa shape index (κ2) is 4.74. The topological polar surface area (TPSA) is 110 Å². The summed E-state index contributed by atoms with van der Waals surface area (Å²) in [6, 6.07) is -0.856. The van der Waals surface area contributed by atoms with Gasteiger partial charge in [0.05, 0.1) is 13.2 Å². The van der Waals surface area contributed by atoms with Gasteiger partial charge in [0.1, 0.15) is 12.5 Å². The van der Waals surface area contributed by atoms with Crippen molar-refractivity contribution in [2.75, 3.05) is 19.8 Å². The van der Waals surface area contributed by atoms with Crippen molar-refractivity contribution in [3.8, 4) is 0 Å². The fourth-order valence-electron chi connectivity index (χ4n) is 1.37. The van der Waals surface area contributed by atoms with E-state index in [1.165, 1.54) is 0 Å². The Morgan fingerprint density at radius 1 is 1.47 bits per heavy atom. The van der Waals surface area contributed by atoms with E-state index in [0.29, 0.717) is 0 Å². The average molecular weight is 216 g/mol. The molecular weight excluding hydrogens is 204 g/mol. The van der Waals surface area contributed by atoms with Crippen LogP contribution < -0.4 is 5.73 Å². The maximum absolute atomic E-state index is 11.4. The number of primary amides is 1. The number of rotatable bonds is 3. The van der Waals surface area contributed by atoms with Gasteiger partial charge in [-0.15, -0.1) is 0 Å². The highest BCUT2D eigenvalue weighted by Gasteiger charge is 2.31. The maximum Gasteiger partial charge on any atom is 0.312 e. The molecule has 7 heteroatoms. The normalized spacial score (nSPS) is 21.1.